The number of carbonyl (C=O) groups is 1. The van der Waals surface area contributed by atoms with Crippen LogP contribution in [0, 0.1) is 0 Å². The molecule has 1 saturated heterocycles. The van der Waals surface area contributed by atoms with Crippen LogP contribution in [0.2, 0.25) is 0 Å². The number of aliphatic hydroxyl groups excluding tert-OH is 4. The molecule has 1 fully saturated rings. The van der Waals surface area contributed by atoms with Crippen molar-refractivity contribution in [3.63, 3.8) is 0 Å². The summed E-state index contributed by atoms with van der Waals surface area (Å²) < 4.78 is 4.42. The molecule has 0 amide bonds. The number of cyclic esters (lactones) is 1. The van der Waals surface area contributed by atoms with Crippen LogP contribution in [-0.4, -0.2) is 68.6 Å². The second kappa shape index (κ2) is 3.79. The lowest BCUT2D eigenvalue weighted by Crippen LogP contribution is -2.51. The summed E-state index contributed by atoms with van der Waals surface area (Å²) in [6, 6.07) is 0. The molecule has 1 aliphatic heterocycles. The first-order valence-corrected chi connectivity index (χ1v) is 3.98. The molecule has 5 N–H and O–H groups in total. The van der Waals surface area contributed by atoms with Crippen molar-refractivity contribution < 1.29 is 35.1 Å². The molecule has 0 bridgehead atoms. The second-order valence-electron chi connectivity index (χ2n) is 3.15. The molecule has 0 aliphatic carbocycles. The monoisotopic (exact) mass is 208 g/mol. The van der Waals surface area contributed by atoms with Gasteiger partial charge in [0.25, 0.3) is 0 Å². The van der Waals surface area contributed by atoms with Gasteiger partial charge in [0.1, 0.15) is 12.2 Å². The second-order valence-corrected chi connectivity index (χ2v) is 3.15. The topological polar surface area (TPSA) is 127 Å². The number of aliphatic hydroxyl groups is 5. The van der Waals surface area contributed by atoms with Crippen molar-refractivity contribution in [3.8, 4) is 0 Å². The Labute approximate surface area is 79.2 Å². The molecule has 7 nitrogen and oxygen atoms in total. The SMILES string of the molecule is O=C1O[C@H]([C@H](O)CO)[C@H](O)[C@]1(O)CO. The summed E-state index contributed by atoms with van der Waals surface area (Å²) in [5.74, 6) is -1.22. The van der Waals surface area contributed by atoms with Crippen LogP contribution in [0.3, 0.4) is 0 Å². The van der Waals surface area contributed by atoms with E-state index in [1.165, 1.54) is 0 Å². The quantitative estimate of drug-likeness (QED) is 0.302. The fourth-order valence-electron chi connectivity index (χ4n) is 1.23. The van der Waals surface area contributed by atoms with Crippen LogP contribution in [0.1, 0.15) is 0 Å². The minimum atomic E-state index is -2.42. The van der Waals surface area contributed by atoms with Gasteiger partial charge in [0.05, 0.1) is 13.2 Å². The van der Waals surface area contributed by atoms with Gasteiger partial charge in [0.2, 0.25) is 5.60 Å². The minimum Gasteiger partial charge on any atom is -0.454 e. The molecule has 0 radical (unpaired) electrons. The van der Waals surface area contributed by atoms with Gasteiger partial charge >= 0.3 is 5.97 Å². The van der Waals surface area contributed by atoms with Crippen LogP contribution in [0.5, 0.6) is 0 Å². The van der Waals surface area contributed by atoms with E-state index in [0.717, 1.165) is 0 Å². The van der Waals surface area contributed by atoms with Gasteiger partial charge in [-0.1, -0.05) is 0 Å². The molecule has 4 atom stereocenters. The Morgan fingerprint density at radius 1 is 1.50 bits per heavy atom. The van der Waals surface area contributed by atoms with Gasteiger partial charge in [0.15, 0.2) is 6.10 Å². The van der Waals surface area contributed by atoms with Crippen LogP contribution in [0.25, 0.3) is 0 Å². The lowest BCUT2D eigenvalue weighted by atomic mass is 9.95. The number of rotatable bonds is 3. The van der Waals surface area contributed by atoms with E-state index in [1.807, 2.05) is 0 Å². The summed E-state index contributed by atoms with van der Waals surface area (Å²) in [7, 11) is 0. The van der Waals surface area contributed by atoms with E-state index in [-0.39, 0.29) is 0 Å². The van der Waals surface area contributed by atoms with Crippen LogP contribution < -0.4 is 0 Å². The van der Waals surface area contributed by atoms with E-state index in [2.05, 4.69) is 4.74 Å². The molecule has 14 heavy (non-hydrogen) atoms. The van der Waals surface area contributed by atoms with Gasteiger partial charge < -0.3 is 30.3 Å². The third kappa shape index (κ3) is 1.49. The van der Waals surface area contributed by atoms with Crippen molar-refractivity contribution in [1.82, 2.24) is 0 Å². The van der Waals surface area contributed by atoms with E-state index < -0.39 is 43.1 Å². The van der Waals surface area contributed by atoms with Crippen LogP contribution in [-0.2, 0) is 9.53 Å². The number of hydrogen-bond acceptors (Lipinski definition) is 7. The zero-order chi connectivity index (χ0) is 10.9. The number of ether oxygens (including phenoxy) is 1. The summed E-state index contributed by atoms with van der Waals surface area (Å²) in [4.78, 5) is 11.0. The summed E-state index contributed by atoms with van der Waals surface area (Å²) in [6.07, 6.45) is -4.68. The number of esters is 1. The first kappa shape index (κ1) is 11.3. The average Bonchev–Trinajstić information content (AvgIpc) is 2.42. The maximum atomic E-state index is 11.0. The predicted molar refractivity (Wildman–Crippen MR) is 41.0 cm³/mol. The minimum absolute atomic E-state index is 0.726. The van der Waals surface area contributed by atoms with Gasteiger partial charge in [-0.05, 0) is 0 Å². The molecule has 0 unspecified atom stereocenters. The molecule has 7 heteroatoms. The zero-order valence-electron chi connectivity index (χ0n) is 7.20. The standard InChI is InChI=1S/C7H12O7/c8-1-3(10)4-5(11)7(13,2-9)6(12)14-4/h3-5,8-11,13H,1-2H2/t3-,4-,5+,7-/m1/s1. The lowest BCUT2D eigenvalue weighted by molar-refractivity contribution is -0.161. The molecule has 82 valence electrons. The van der Waals surface area contributed by atoms with Gasteiger partial charge in [-0.2, -0.15) is 0 Å². The Morgan fingerprint density at radius 3 is 2.43 bits per heavy atom. The molecule has 0 aromatic carbocycles. The Hall–Kier alpha value is -0.730. The maximum absolute atomic E-state index is 11.0. The van der Waals surface area contributed by atoms with Crippen molar-refractivity contribution >= 4 is 5.97 Å². The first-order chi connectivity index (χ1) is 6.47. The maximum Gasteiger partial charge on any atom is 0.343 e. The number of hydrogen-bond donors (Lipinski definition) is 5. The molecule has 1 heterocycles. The van der Waals surface area contributed by atoms with E-state index in [1.54, 1.807) is 0 Å². The molecule has 0 aromatic rings. The van der Waals surface area contributed by atoms with Crippen molar-refractivity contribution in [2.75, 3.05) is 13.2 Å². The van der Waals surface area contributed by atoms with E-state index in [0.29, 0.717) is 0 Å². The normalized spacial score (nSPS) is 39.6. The van der Waals surface area contributed by atoms with Crippen LogP contribution in [0.15, 0.2) is 0 Å². The van der Waals surface area contributed by atoms with Crippen LogP contribution in [0.4, 0.5) is 0 Å². The van der Waals surface area contributed by atoms with Gasteiger partial charge in [0, 0.05) is 0 Å². The van der Waals surface area contributed by atoms with E-state index in [9.17, 15) is 15.0 Å². The highest BCUT2D eigenvalue weighted by molar-refractivity contribution is 5.83. The Bertz CT molecular complexity index is 230. The molecule has 0 spiro atoms. The van der Waals surface area contributed by atoms with Crippen molar-refractivity contribution in [3.05, 3.63) is 0 Å². The van der Waals surface area contributed by atoms with Gasteiger partial charge in [-0.25, -0.2) is 4.79 Å². The van der Waals surface area contributed by atoms with Gasteiger partial charge in [-0.15, -0.1) is 0 Å². The fourth-order valence-corrected chi connectivity index (χ4v) is 1.23. The number of carbonyl (C=O) groups excluding carboxylic acids is 1. The van der Waals surface area contributed by atoms with Crippen LogP contribution >= 0.6 is 0 Å². The van der Waals surface area contributed by atoms with E-state index in [4.69, 9.17) is 15.3 Å². The van der Waals surface area contributed by atoms with Crippen molar-refractivity contribution in [2.24, 2.45) is 0 Å². The molecule has 0 saturated carbocycles. The Balaban J connectivity index is 2.84. The fraction of sp³-hybridized carbons (Fsp3) is 0.857. The summed E-state index contributed by atoms with van der Waals surface area (Å²) in [5, 5.41) is 45.1. The predicted octanol–water partition coefficient (Wildman–Crippen LogP) is -3.65. The average molecular weight is 208 g/mol. The summed E-state index contributed by atoms with van der Waals surface area (Å²) in [6.45, 7) is -1.74. The highest BCUT2D eigenvalue weighted by Gasteiger charge is 2.57. The highest BCUT2D eigenvalue weighted by atomic mass is 16.6. The molecular weight excluding hydrogens is 196 g/mol. The summed E-state index contributed by atoms with van der Waals surface area (Å²) >= 11 is 0. The third-order valence-corrected chi connectivity index (χ3v) is 2.20. The van der Waals surface area contributed by atoms with Crippen molar-refractivity contribution in [2.45, 2.75) is 23.9 Å². The highest BCUT2D eigenvalue weighted by Crippen LogP contribution is 2.27. The van der Waals surface area contributed by atoms with Crippen molar-refractivity contribution in [1.29, 1.82) is 0 Å². The third-order valence-electron chi connectivity index (χ3n) is 2.20. The Morgan fingerprint density at radius 2 is 2.07 bits per heavy atom. The largest absolute Gasteiger partial charge is 0.454 e. The zero-order valence-corrected chi connectivity index (χ0v) is 7.20. The summed E-state index contributed by atoms with van der Waals surface area (Å²) in [5.41, 5.74) is -2.42. The first-order valence-electron chi connectivity index (χ1n) is 3.98. The molecule has 1 aliphatic rings. The van der Waals surface area contributed by atoms with E-state index >= 15 is 0 Å². The molecular formula is C7H12O7. The molecule has 0 aromatic heterocycles. The lowest BCUT2D eigenvalue weighted by Gasteiger charge is -2.22. The Kier molecular flexibility index (Phi) is 3.07. The van der Waals surface area contributed by atoms with Gasteiger partial charge in [-0.3, -0.25) is 0 Å². The smallest absolute Gasteiger partial charge is 0.343 e. The molecule has 1 rings (SSSR count).